The SMILES string of the molecule is CC(C)c1nc2c(Cl)cc(Cl)cn2c1C(C)O. The predicted molar refractivity (Wildman–Crippen MR) is 69.9 cm³/mol. The molecule has 0 aromatic carbocycles. The fraction of sp³-hybridized carbons (Fsp3) is 0.417. The van der Waals surface area contributed by atoms with Crippen molar-refractivity contribution in [3.05, 3.63) is 33.7 Å². The third-order valence-corrected chi connectivity index (χ3v) is 3.13. The summed E-state index contributed by atoms with van der Waals surface area (Å²) in [5, 5.41) is 10.9. The van der Waals surface area contributed by atoms with Crippen LogP contribution in [0.4, 0.5) is 0 Å². The first-order valence-electron chi connectivity index (χ1n) is 5.46. The molecule has 2 aromatic rings. The van der Waals surface area contributed by atoms with Crippen LogP contribution in [-0.2, 0) is 0 Å². The van der Waals surface area contributed by atoms with Crippen LogP contribution in [0.25, 0.3) is 5.65 Å². The molecular weight excluding hydrogens is 259 g/mol. The Hall–Kier alpha value is -0.770. The smallest absolute Gasteiger partial charge is 0.156 e. The highest BCUT2D eigenvalue weighted by molar-refractivity contribution is 6.36. The average molecular weight is 273 g/mol. The molecule has 0 saturated carbocycles. The van der Waals surface area contributed by atoms with Gasteiger partial charge in [-0.15, -0.1) is 0 Å². The third-order valence-electron chi connectivity index (χ3n) is 2.65. The fourth-order valence-corrected chi connectivity index (χ4v) is 2.46. The second kappa shape index (κ2) is 4.48. The molecule has 1 atom stereocenters. The summed E-state index contributed by atoms with van der Waals surface area (Å²) in [6.07, 6.45) is 1.11. The molecule has 5 heteroatoms. The van der Waals surface area contributed by atoms with Crippen molar-refractivity contribution in [3.63, 3.8) is 0 Å². The minimum absolute atomic E-state index is 0.217. The van der Waals surface area contributed by atoms with Crippen molar-refractivity contribution in [2.45, 2.75) is 32.8 Å². The molecule has 0 aliphatic carbocycles. The summed E-state index contributed by atoms with van der Waals surface area (Å²) in [5.74, 6) is 0.217. The Morgan fingerprint density at radius 1 is 1.29 bits per heavy atom. The van der Waals surface area contributed by atoms with Crippen LogP contribution in [0.5, 0.6) is 0 Å². The lowest BCUT2D eigenvalue weighted by Crippen LogP contribution is -2.02. The van der Waals surface area contributed by atoms with E-state index in [-0.39, 0.29) is 5.92 Å². The van der Waals surface area contributed by atoms with Crippen LogP contribution < -0.4 is 0 Å². The van der Waals surface area contributed by atoms with Gasteiger partial charge in [-0.1, -0.05) is 37.0 Å². The van der Waals surface area contributed by atoms with E-state index in [0.717, 1.165) is 11.4 Å². The molecule has 2 rings (SSSR count). The molecule has 0 aliphatic rings. The summed E-state index contributed by atoms with van der Waals surface area (Å²) in [5.41, 5.74) is 2.24. The zero-order chi connectivity index (χ0) is 12.7. The molecule has 17 heavy (non-hydrogen) atoms. The number of hydrogen-bond acceptors (Lipinski definition) is 2. The molecule has 92 valence electrons. The van der Waals surface area contributed by atoms with Crippen LogP contribution in [0.2, 0.25) is 10.0 Å². The Morgan fingerprint density at radius 3 is 2.47 bits per heavy atom. The van der Waals surface area contributed by atoms with Crippen molar-refractivity contribution in [2.75, 3.05) is 0 Å². The number of aromatic nitrogens is 2. The zero-order valence-electron chi connectivity index (χ0n) is 9.91. The minimum atomic E-state index is -0.614. The van der Waals surface area contributed by atoms with Crippen molar-refractivity contribution in [3.8, 4) is 0 Å². The lowest BCUT2D eigenvalue weighted by molar-refractivity contribution is 0.191. The van der Waals surface area contributed by atoms with E-state index in [1.807, 2.05) is 13.8 Å². The van der Waals surface area contributed by atoms with Gasteiger partial charge in [0.05, 0.1) is 27.5 Å². The van der Waals surface area contributed by atoms with Gasteiger partial charge in [0.1, 0.15) is 0 Å². The Bertz CT molecular complexity index is 561. The van der Waals surface area contributed by atoms with Gasteiger partial charge in [0, 0.05) is 6.20 Å². The third kappa shape index (κ3) is 2.15. The number of aliphatic hydroxyl groups excluding tert-OH is 1. The molecule has 0 spiro atoms. The fourth-order valence-electron chi connectivity index (χ4n) is 1.95. The van der Waals surface area contributed by atoms with Crippen LogP contribution >= 0.6 is 23.2 Å². The first-order valence-corrected chi connectivity index (χ1v) is 6.22. The van der Waals surface area contributed by atoms with Crippen molar-refractivity contribution >= 4 is 28.8 Å². The van der Waals surface area contributed by atoms with Gasteiger partial charge in [-0.3, -0.25) is 4.40 Å². The molecule has 0 bridgehead atoms. The van der Waals surface area contributed by atoms with Crippen LogP contribution in [0.3, 0.4) is 0 Å². The molecule has 3 nitrogen and oxygen atoms in total. The summed E-state index contributed by atoms with van der Waals surface area (Å²) in [6, 6.07) is 1.65. The van der Waals surface area contributed by atoms with Crippen LogP contribution in [0.1, 0.15) is 44.2 Å². The van der Waals surface area contributed by atoms with Gasteiger partial charge < -0.3 is 5.11 Å². The summed E-state index contributed by atoms with van der Waals surface area (Å²) in [7, 11) is 0. The van der Waals surface area contributed by atoms with Crippen LogP contribution in [-0.4, -0.2) is 14.5 Å². The topological polar surface area (TPSA) is 37.5 Å². The number of fused-ring (bicyclic) bond motifs is 1. The minimum Gasteiger partial charge on any atom is -0.387 e. The van der Waals surface area contributed by atoms with Crippen molar-refractivity contribution in [1.82, 2.24) is 9.38 Å². The van der Waals surface area contributed by atoms with Gasteiger partial charge in [0.15, 0.2) is 5.65 Å². The lowest BCUT2D eigenvalue weighted by atomic mass is 10.1. The summed E-state index contributed by atoms with van der Waals surface area (Å²) >= 11 is 12.1. The number of rotatable bonds is 2. The van der Waals surface area contributed by atoms with Gasteiger partial charge in [-0.25, -0.2) is 4.98 Å². The molecule has 0 fully saturated rings. The van der Waals surface area contributed by atoms with E-state index < -0.39 is 6.10 Å². The zero-order valence-corrected chi connectivity index (χ0v) is 11.4. The molecule has 0 aliphatic heterocycles. The largest absolute Gasteiger partial charge is 0.387 e. The van der Waals surface area contributed by atoms with Crippen molar-refractivity contribution < 1.29 is 5.11 Å². The normalized spacial score (nSPS) is 13.6. The van der Waals surface area contributed by atoms with E-state index in [1.54, 1.807) is 23.6 Å². The monoisotopic (exact) mass is 272 g/mol. The molecular formula is C12H14Cl2N2O. The van der Waals surface area contributed by atoms with Crippen molar-refractivity contribution in [1.29, 1.82) is 0 Å². The van der Waals surface area contributed by atoms with Gasteiger partial charge in [-0.2, -0.15) is 0 Å². The quantitative estimate of drug-likeness (QED) is 0.903. The van der Waals surface area contributed by atoms with E-state index >= 15 is 0 Å². The molecule has 0 radical (unpaired) electrons. The standard InChI is InChI=1S/C12H14Cl2N2O/c1-6(2)10-11(7(3)17)16-5-8(13)4-9(14)12(16)15-10/h4-7,17H,1-3H3. The molecule has 2 aromatic heterocycles. The second-order valence-corrected chi connectivity index (χ2v) is 5.26. The highest BCUT2D eigenvalue weighted by Crippen LogP contribution is 2.30. The number of hydrogen-bond donors (Lipinski definition) is 1. The Labute approximate surface area is 110 Å². The number of nitrogens with zero attached hydrogens (tertiary/aromatic N) is 2. The molecule has 0 amide bonds. The van der Waals surface area contributed by atoms with Crippen molar-refractivity contribution in [2.24, 2.45) is 0 Å². The summed E-state index contributed by atoms with van der Waals surface area (Å²) < 4.78 is 1.77. The molecule has 0 saturated heterocycles. The summed E-state index contributed by atoms with van der Waals surface area (Å²) in [4.78, 5) is 4.49. The Morgan fingerprint density at radius 2 is 1.94 bits per heavy atom. The van der Waals surface area contributed by atoms with Gasteiger partial charge >= 0.3 is 0 Å². The lowest BCUT2D eigenvalue weighted by Gasteiger charge is -2.09. The maximum atomic E-state index is 9.88. The second-order valence-electron chi connectivity index (χ2n) is 4.41. The van der Waals surface area contributed by atoms with Gasteiger partial charge in [0.25, 0.3) is 0 Å². The highest BCUT2D eigenvalue weighted by atomic mass is 35.5. The number of aliphatic hydroxyl groups is 1. The van der Waals surface area contributed by atoms with E-state index in [9.17, 15) is 5.11 Å². The van der Waals surface area contributed by atoms with Crippen LogP contribution in [0, 0.1) is 0 Å². The Balaban J connectivity index is 2.85. The highest BCUT2D eigenvalue weighted by Gasteiger charge is 2.20. The van der Waals surface area contributed by atoms with E-state index in [4.69, 9.17) is 23.2 Å². The predicted octanol–water partition coefficient (Wildman–Crippen LogP) is 3.82. The van der Waals surface area contributed by atoms with E-state index in [2.05, 4.69) is 4.98 Å². The van der Waals surface area contributed by atoms with Gasteiger partial charge in [0.2, 0.25) is 0 Å². The molecule has 2 heterocycles. The Kier molecular flexibility index (Phi) is 3.34. The first kappa shape index (κ1) is 12.7. The van der Waals surface area contributed by atoms with E-state index in [0.29, 0.717) is 15.7 Å². The average Bonchev–Trinajstić information content (AvgIpc) is 2.56. The van der Waals surface area contributed by atoms with Crippen LogP contribution in [0.15, 0.2) is 12.3 Å². The number of halogens is 2. The number of imidazole rings is 1. The first-order chi connectivity index (χ1) is 7.91. The van der Waals surface area contributed by atoms with Gasteiger partial charge in [-0.05, 0) is 18.9 Å². The molecule has 1 unspecified atom stereocenters. The summed E-state index contributed by atoms with van der Waals surface area (Å²) in [6.45, 7) is 5.77. The molecule has 1 N–H and O–H groups in total. The number of pyridine rings is 1. The van der Waals surface area contributed by atoms with E-state index in [1.165, 1.54) is 0 Å². The maximum absolute atomic E-state index is 9.88. The maximum Gasteiger partial charge on any atom is 0.156 e.